The highest BCUT2D eigenvalue weighted by atomic mass is 35.5. The molecule has 0 radical (unpaired) electrons. The van der Waals surface area contributed by atoms with Crippen molar-refractivity contribution in [3.8, 4) is 5.75 Å². The van der Waals surface area contributed by atoms with Crippen molar-refractivity contribution < 1.29 is 32.2 Å². The van der Waals surface area contributed by atoms with Crippen molar-refractivity contribution in [2.24, 2.45) is 29.1 Å². The second kappa shape index (κ2) is 14.0. The molecular formula is C41H54ClN3O7S. The minimum atomic E-state index is -3.91. The molecule has 2 aromatic carbocycles. The lowest BCUT2D eigenvalue weighted by molar-refractivity contribution is -0.267. The quantitative estimate of drug-likeness (QED) is 0.406. The van der Waals surface area contributed by atoms with Crippen LogP contribution in [-0.4, -0.2) is 96.0 Å². The van der Waals surface area contributed by atoms with Gasteiger partial charge in [-0.2, -0.15) is 0 Å². The van der Waals surface area contributed by atoms with E-state index >= 15 is 0 Å². The van der Waals surface area contributed by atoms with Gasteiger partial charge in [0.15, 0.2) is 6.29 Å². The van der Waals surface area contributed by atoms with E-state index in [-0.39, 0.29) is 29.6 Å². The maximum Gasteiger partial charge on any atom is 0.264 e. The number of carbonyl (C=O) groups excluding carboxylic acids is 1. The summed E-state index contributed by atoms with van der Waals surface area (Å²) in [6.45, 7) is 11.0. The molecule has 0 aromatic heterocycles. The molecule has 0 unspecified atom stereocenters. The van der Waals surface area contributed by atoms with Crippen LogP contribution in [0.5, 0.6) is 5.75 Å². The molecule has 2 spiro atoms. The van der Waals surface area contributed by atoms with Crippen LogP contribution < -0.4 is 14.4 Å². The number of benzene rings is 2. The molecule has 2 aromatic rings. The summed E-state index contributed by atoms with van der Waals surface area (Å²) in [4.78, 5) is 18.6. The van der Waals surface area contributed by atoms with Crippen molar-refractivity contribution in [2.45, 2.75) is 88.2 Å². The number of sulfonamides is 1. The van der Waals surface area contributed by atoms with Crippen LogP contribution in [0.4, 0.5) is 5.69 Å². The number of amides is 1. The standard InChI is InChI=1S/C41H54ClN3O7S/c1-26-5-3-7-34(39-50-18-32(19-51-39)45-20-40(21-45)23-49-24-40)33-11-8-30(33)17-44-22-41(14-4-6-28-15-31(42)10-12-35(28)41)25-52-37-13-9-29(16-36(37)44)38(46)43-53(47,48)27(26)2/h9-10,12-13,15-16,26-27,30,32-34,39H,3-8,11,14,17-25H2,1-2H3,(H,43,46)/t26-,27+,30-,32?,33+,34+,39?,41-/m0/s1. The zero-order chi connectivity index (χ0) is 36.5. The van der Waals surface area contributed by atoms with Gasteiger partial charge in [-0.25, -0.2) is 13.1 Å². The summed E-state index contributed by atoms with van der Waals surface area (Å²) < 4.78 is 55.1. The molecule has 53 heavy (non-hydrogen) atoms. The zero-order valence-corrected chi connectivity index (χ0v) is 32.6. The Labute approximate surface area is 319 Å². The van der Waals surface area contributed by atoms with E-state index < -0.39 is 21.2 Å². The molecule has 9 rings (SSSR count). The van der Waals surface area contributed by atoms with E-state index in [9.17, 15) is 13.2 Å². The number of aryl methyl sites for hydroxylation is 1. The first-order chi connectivity index (χ1) is 25.5. The molecule has 5 heterocycles. The fourth-order valence-corrected chi connectivity index (χ4v) is 12.1. The van der Waals surface area contributed by atoms with Crippen molar-refractivity contribution in [1.29, 1.82) is 0 Å². The first-order valence-electron chi connectivity index (χ1n) is 19.9. The normalized spacial score (nSPS) is 36.8. The average Bonchev–Trinajstić information content (AvgIpc) is 3.24. The minimum Gasteiger partial charge on any atom is -0.490 e. The van der Waals surface area contributed by atoms with Crippen LogP contribution in [0.2, 0.25) is 5.02 Å². The molecule has 2 aliphatic carbocycles. The van der Waals surface area contributed by atoms with Crippen molar-refractivity contribution in [1.82, 2.24) is 9.62 Å². The number of carbonyl (C=O) groups is 1. The molecule has 10 nitrogen and oxygen atoms in total. The Morgan fingerprint density at radius 2 is 1.72 bits per heavy atom. The summed E-state index contributed by atoms with van der Waals surface area (Å²) in [6, 6.07) is 12.0. The molecular weight excluding hydrogens is 714 g/mol. The minimum absolute atomic E-state index is 0.127. The smallest absolute Gasteiger partial charge is 0.264 e. The number of nitrogens with one attached hydrogen (secondary N) is 1. The Hall–Kier alpha value is -2.41. The number of hydrogen-bond donors (Lipinski definition) is 1. The first-order valence-corrected chi connectivity index (χ1v) is 21.9. The predicted octanol–water partition coefficient (Wildman–Crippen LogP) is 5.80. The molecule has 1 saturated carbocycles. The van der Waals surface area contributed by atoms with Crippen molar-refractivity contribution in [3.63, 3.8) is 0 Å². The van der Waals surface area contributed by atoms with Gasteiger partial charge in [0.1, 0.15) is 5.75 Å². The third-order valence-corrected chi connectivity index (χ3v) is 16.3. The number of rotatable bonds is 2. The van der Waals surface area contributed by atoms with Crippen LogP contribution in [0.15, 0.2) is 36.4 Å². The lowest BCUT2D eigenvalue weighted by Gasteiger charge is -2.58. The summed E-state index contributed by atoms with van der Waals surface area (Å²) in [5.74, 6) is 1.04. The first kappa shape index (κ1) is 36.2. The van der Waals surface area contributed by atoms with E-state index in [2.05, 4.69) is 26.7 Å². The van der Waals surface area contributed by atoms with Gasteiger partial charge in [0.25, 0.3) is 5.91 Å². The van der Waals surface area contributed by atoms with Crippen LogP contribution in [0, 0.1) is 29.1 Å². The second-order valence-corrected chi connectivity index (χ2v) is 20.1. The molecule has 6 atom stereocenters. The largest absolute Gasteiger partial charge is 0.490 e. The zero-order valence-electron chi connectivity index (χ0n) is 31.1. The molecule has 7 aliphatic rings. The summed E-state index contributed by atoms with van der Waals surface area (Å²) in [5, 5.41) is 0.0278. The van der Waals surface area contributed by atoms with Gasteiger partial charge in [-0.05, 0) is 111 Å². The third kappa shape index (κ3) is 6.69. The molecule has 2 bridgehead atoms. The van der Waals surface area contributed by atoms with Crippen molar-refractivity contribution >= 4 is 33.2 Å². The number of likely N-dealkylation sites (tertiary alicyclic amines) is 1. The summed E-state index contributed by atoms with van der Waals surface area (Å²) >= 11 is 6.50. The maximum atomic E-state index is 13.6. The highest BCUT2D eigenvalue weighted by molar-refractivity contribution is 7.90. The van der Waals surface area contributed by atoms with Gasteiger partial charge in [-0.15, -0.1) is 0 Å². The number of fused-ring (bicyclic) bond motifs is 4. The number of halogens is 1. The molecule has 3 saturated heterocycles. The monoisotopic (exact) mass is 767 g/mol. The Bertz CT molecular complexity index is 1820. The summed E-state index contributed by atoms with van der Waals surface area (Å²) in [5.41, 5.74) is 3.84. The van der Waals surface area contributed by atoms with Crippen LogP contribution in [-0.2, 0) is 36.1 Å². The van der Waals surface area contributed by atoms with Gasteiger partial charge < -0.3 is 23.8 Å². The fourth-order valence-electron chi connectivity index (χ4n) is 10.6. The Balaban J connectivity index is 1.03. The van der Waals surface area contributed by atoms with E-state index in [1.807, 2.05) is 25.1 Å². The Morgan fingerprint density at radius 1 is 0.906 bits per heavy atom. The van der Waals surface area contributed by atoms with E-state index in [1.165, 1.54) is 11.1 Å². The van der Waals surface area contributed by atoms with Gasteiger partial charge in [0.05, 0.1) is 50.0 Å². The van der Waals surface area contributed by atoms with Gasteiger partial charge in [0, 0.05) is 53.5 Å². The number of ether oxygens (including phenoxy) is 4. The van der Waals surface area contributed by atoms with Crippen molar-refractivity contribution in [3.05, 3.63) is 58.1 Å². The predicted molar refractivity (Wildman–Crippen MR) is 203 cm³/mol. The highest BCUT2D eigenvalue weighted by Crippen LogP contribution is 2.49. The number of nitrogens with zero attached hydrogens (tertiary/aromatic N) is 2. The topological polar surface area (TPSA) is 107 Å². The van der Waals surface area contributed by atoms with Gasteiger partial charge in [0.2, 0.25) is 10.0 Å². The average molecular weight is 768 g/mol. The van der Waals surface area contributed by atoms with Crippen LogP contribution in [0.25, 0.3) is 0 Å². The Morgan fingerprint density at radius 3 is 2.45 bits per heavy atom. The number of hydrogen-bond acceptors (Lipinski definition) is 9. The van der Waals surface area contributed by atoms with E-state index in [0.29, 0.717) is 42.6 Å². The number of anilines is 1. The molecule has 5 aliphatic heterocycles. The molecule has 1 amide bonds. The highest BCUT2D eigenvalue weighted by Gasteiger charge is 2.52. The lowest BCUT2D eigenvalue weighted by Crippen LogP contribution is -2.70. The summed E-state index contributed by atoms with van der Waals surface area (Å²) in [6.07, 6.45) is 7.49. The summed E-state index contributed by atoms with van der Waals surface area (Å²) in [7, 11) is -3.91. The van der Waals surface area contributed by atoms with E-state index in [0.717, 1.165) is 107 Å². The third-order valence-electron chi connectivity index (χ3n) is 14.2. The molecule has 1 N–H and O–H groups in total. The van der Waals surface area contributed by atoms with Crippen LogP contribution in [0.1, 0.15) is 80.3 Å². The SMILES string of the molecule is C[C@@H]1[C@@H](C)CCC[C@@H](C2OCC(N3CC4(COC4)C3)CO2)[C@@H]2CC[C@H]2CN2C[C@@]3(CCCc4cc(Cl)ccc43)COc3ccc(cc32)C(=O)NS1(=O)=O. The molecule has 4 fully saturated rings. The van der Waals surface area contributed by atoms with E-state index in [4.69, 9.17) is 30.5 Å². The second-order valence-electron chi connectivity index (χ2n) is 17.6. The van der Waals surface area contributed by atoms with Gasteiger partial charge >= 0.3 is 0 Å². The van der Waals surface area contributed by atoms with Gasteiger partial charge in [-0.1, -0.05) is 31.0 Å². The maximum absolute atomic E-state index is 13.6. The van der Waals surface area contributed by atoms with Crippen LogP contribution in [0.3, 0.4) is 0 Å². The van der Waals surface area contributed by atoms with Crippen LogP contribution >= 0.6 is 11.6 Å². The molecule has 12 heteroatoms. The van der Waals surface area contributed by atoms with Crippen molar-refractivity contribution in [2.75, 3.05) is 64.1 Å². The van der Waals surface area contributed by atoms with E-state index in [1.54, 1.807) is 13.0 Å². The Kier molecular flexibility index (Phi) is 9.54. The fraction of sp³-hybridized carbons (Fsp3) is 0.683. The lowest BCUT2D eigenvalue weighted by atomic mass is 9.64. The van der Waals surface area contributed by atoms with Gasteiger partial charge in [-0.3, -0.25) is 9.69 Å². The molecule has 288 valence electrons.